The van der Waals surface area contributed by atoms with Crippen molar-refractivity contribution in [2.75, 3.05) is 26.2 Å². The Morgan fingerprint density at radius 2 is 1.53 bits per heavy atom. The van der Waals surface area contributed by atoms with E-state index >= 15 is 0 Å². The van der Waals surface area contributed by atoms with Crippen molar-refractivity contribution in [3.63, 3.8) is 0 Å². The molecule has 7 nitrogen and oxygen atoms in total. The van der Waals surface area contributed by atoms with Gasteiger partial charge in [0.1, 0.15) is 17.1 Å². The number of fused-ring (bicyclic) bond motifs is 1. The molecule has 0 aliphatic heterocycles. The average molecular weight is 543 g/mol. The third-order valence-electron chi connectivity index (χ3n) is 6.71. The average Bonchev–Trinajstić information content (AvgIpc) is 3.28. The predicted molar refractivity (Wildman–Crippen MR) is 152 cm³/mol. The first-order chi connectivity index (χ1) is 18.3. The van der Waals surface area contributed by atoms with Crippen LogP contribution in [0.2, 0.25) is 0 Å². The molecule has 0 saturated carbocycles. The van der Waals surface area contributed by atoms with Crippen molar-refractivity contribution < 1.29 is 22.4 Å². The zero-order valence-electron chi connectivity index (χ0n) is 23.0. The summed E-state index contributed by atoms with van der Waals surface area (Å²) in [6.45, 7) is 10.4. The largest absolute Gasteiger partial charge is 0.494 e. The van der Waals surface area contributed by atoms with Gasteiger partial charge in [0.05, 0.1) is 17.1 Å². The van der Waals surface area contributed by atoms with Gasteiger partial charge in [-0.25, -0.2) is 13.6 Å². The number of nitrogens with two attached hydrogens (primary N) is 1. The molecule has 0 aliphatic carbocycles. The highest BCUT2D eigenvalue weighted by Gasteiger charge is 2.23. The fraction of sp³-hybridized carbons (Fsp3) is 0.500. The Morgan fingerprint density at radius 3 is 2.13 bits per heavy atom. The summed E-state index contributed by atoms with van der Waals surface area (Å²) in [6.07, 6.45) is 8.16. The second kappa shape index (κ2) is 14.5. The van der Waals surface area contributed by atoms with E-state index in [4.69, 9.17) is 14.3 Å². The maximum Gasteiger partial charge on any atom is 0.238 e. The maximum absolute atomic E-state index is 13.6. The molecule has 38 heavy (non-hydrogen) atoms. The van der Waals surface area contributed by atoms with Crippen LogP contribution >= 0.6 is 0 Å². The molecule has 2 aromatic carbocycles. The van der Waals surface area contributed by atoms with Crippen molar-refractivity contribution in [1.82, 2.24) is 4.90 Å². The Kier molecular flexibility index (Phi) is 11.4. The first kappa shape index (κ1) is 29.9. The monoisotopic (exact) mass is 542 g/mol. The van der Waals surface area contributed by atoms with E-state index in [9.17, 15) is 13.2 Å². The van der Waals surface area contributed by atoms with Crippen molar-refractivity contribution in [2.45, 2.75) is 77.0 Å². The molecule has 0 amide bonds. The lowest BCUT2D eigenvalue weighted by atomic mass is 9.98. The van der Waals surface area contributed by atoms with E-state index in [0.717, 1.165) is 44.6 Å². The molecule has 0 spiro atoms. The highest BCUT2D eigenvalue weighted by molar-refractivity contribution is 7.89. The summed E-state index contributed by atoms with van der Waals surface area (Å²) in [5, 5.41) is 5.80. The Hall–Kier alpha value is -2.68. The Balaban J connectivity index is 1.72. The number of hydrogen-bond donors (Lipinski definition) is 1. The van der Waals surface area contributed by atoms with Crippen LogP contribution in [0.15, 0.2) is 51.8 Å². The number of rotatable bonds is 17. The third-order valence-corrected chi connectivity index (χ3v) is 7.62. The molecule has 208 valence electrons. The minimum atomic E-state index is -3.91. The molecular formula is C30H42N2O5S. The van der Waals surface area contributed by atoms with Gasteiger partial charge < -0.3 is 14.1 Å². The number of ketones is 1. The first-order valence-corrected chi connectivity index (χ1v) is 15.4. The standard InChI is InChI=1S/C30H42N2O5S/c1-4-7-11-28-29(26-22-25(38(31,34)35)16-17-27(26)37-28)30(33)23-12-14-24(15-13-23)36-21-10-20-32(18-8-5-2)19-9-6-3/h12-17,22H,4-11,18-21H2,1-3H3,(H2,31,34,35). The summed E-state index contributed by atoms with van der Waals surface area (Å²) < 4.78 is 35.8. The number of benzene rings is 2. The molecule has 3 rings (SSSR count). The summed E-state index contributed by atoms with van der Waals surface area (Å²) in [6, 6.07) is 11.5. The lowest BCUT2D eigenvalue weighted by molar-refractivity contribution is 0.103. The van der Waals surface area contributed by atoms with Crippen LogP contribution in [-0.4, -0.2) is 45.3 Å². The third kappa shape index (κ3) is 8.16. The molecule has 0 atom stereocenters. The number of carbonyl (C=O) groups excluding carboxylic acids is 1. The topological polar surface area (TPSA) is 103 Å². The maximum atomic E-state index is 13.6. The molecule has 0 aliphatic rings. The molecule has 1 aromatic heterocycles. The van der Waals surface area contributed by atoms with E-state index in [1.54, 1.807) is 18.2 Å². The number of unbranched alkanes of at least 4 members (excludes halogenated alkanes) is 3. The van der Waals surface area contributed by atoms with Gasteiger partial charge in [0.25, 0.3) is 0 Å². The number of sulfonamides is 1. The number of primary sulfonamides is 1. The van der Waals surface area contributed by atoms with Crippen molar-refractivity contribution in [3.05, 3.63) is 59.4 Å². The molecule has 2 N–H and O–H groups in total. The highest BCUT2D eigenvalue weighted by atomic mass is 32.2. The summed E-state index contributed by atoms with van der Waals surface area (Å²) in [4.78, 5) is 16.1. The highest BCUT2D eigenvalue weighted by Crippen LogP contribution is 2.31. The van der Waals surface area contributed by atoms with E-state index in [1.165, 1.54) is 37.8 Å². The van der Waals surface area contributed by atoms with Gasteiger partial charge >= 0.3 is 0 Å². The van der Waals surface area contributed by atoms with Crippen LogP contribution in [0.4, 0.5) is 0 Å². The van der Waals surface area contributed by atoms with Crippen LogP contribution in [-0.2, 0) is 16.4 Å². The Morgan fingerprint density at radius 1 is 0.895 bits per heavy atom. The lowest BCUT2D eigenvalue weighted by Gasteiger charge is -2.21. The SMILES string of the molecule is CCCCc1oc2ccc(S(N)(=O)=O)cc2c1C(=O)c1ccc(OCCCN(CCCC)CCCC)cc1. The van der Waals surface area contributed by atoms with Crippen LogP contribution in [0, 0.1) is 0 Å². The minimum absolute atomic E-state index is 0.0476. The Labute approximate surface area is 227 Å². The van der Waals surface area contributed by atoms with Crippen molar-refractivity contribution in [3.8, 4) is 5.75 Å². The zero-order valence-corrected chi connectivity index (χ0v) is 23.8. The minimum Gasteiger partial charge on any atom is -0.494 e. The van der Waals surface area contributed by atoms with E-state index in [2.05, 4.69) is 25.7 Å². The number of furan rings is 1. The van der Waals surface area contributed by atoms with Gasteiger partial charge in [0, 0.05) is 23.9 Å². The summed E-state index contributed by atoms with van der Waals surface area (Å²) in [7, 11) is -3.91. The van der Waals surface area contributed by atoms with Crippen molar-refractivity contribution in [2.24, 2.45) is 5.14 Å². The van der Waals surface area contributed by atoms with Crippen molar-refractivity contribution in [1.29, 1.82) is 0 Å². The van der Waals surface area contributed by atoms with Crippen LogP contribution < -0.4 is 9.88 Å². The van der Waals surface area contributed by atoms with Gasteiger partial charge in [-0.2, -0.15) is 0 Å². The number of carbonyl (C=O) groups is 1. The molecule has 0 radical (unpaired) electrons. The number of ether oxygens (including phenoxy) is 1. The van der Waals surface area contributed by atoms with Crippen LogP contribution in [0.3, 0.4) is 0 Å². The van der Waals surface area contributed by atoms with Gasteiger partial charge in [-0.15, -0.1) is 0 Å². The fourth-order valence-electron chi connectivity index (χ4n) is 4.49. The molecule has 3 aromatic rings. The number of hydrogen-bond acceptors (Lipinski definition) is 6. The fourth-order valence-corrected chi connectivity index (χ4v) is 5.03. The Bertz CT molecular complexity index is 1270. The quantitative estimate of drug-likeness (QED) is 0.158. The molecule has 0 bridgehead atoms. The van der Waals surface area contributed by atoms with Gasteiger partial charge in [0.15, 0.2) is 5.78 Å². The van der Waals surface area contributed by atoms with Crippen LogP contribution in [0.5, 0.6) is 5.75 Å². The first-order valence-electron chi connectivity index (χ1n) is 13.9. The normalized spacial score (nSPS) is 11.9. The van der Waals surface area contributed by atoms with Gasteiger partial charge in [-0.3, -0.25) is 4.79 Å². The van der Waals surface area contributed by atoms with E-state index in [-0.39, 0.29) is 10.7 Å². The second-order valence-electron chi connectivity index (χ2n) is 9.81. The molecule has 8 heteroatoms. The van der Waals surface area contributed by atoms with E-state index in [1.807, 2.05) is 12.1 Å². The van der Waals surface area contributed by atoms with E-state index in [0.29, 0.717) is 40.9 Å². The molecule has 0 fully saturated rings. The second-order valence-corrected chi connectivity index (χ2v) is 11.4. The van der Waals surface area contributed by atoms with Gasteiger partial charge in [-0.05, 0) is 81.2 Å². The van der Waals surface area contributed by atoms with Crippen molar-refractivity contribution >= 4 is 26.8 Å². The molecular weight excluding hydrogens is 500 g/mol. The van der Waals surface area contributed by atoms with Gasteiger partial charge in [0.2, 0.25) is 10.0 Å². The van der Waals surface area contributed by atoms with E-state index < -0.39 is 10.0 Å². The summed E-state index contributed by atoms with van der Waals surface area (Å²) in [5.74, 6) is 1.07. The van der Waals surface area contributed by atoms with Gasteiger partial charge in [-0.1, -0.05) is 40.0 Å². The van der Waals surface area contributed by atoms with Crippen LogP contribution in [0.25, 0.3) is 11.0 Å². The smallest absolute Gasteiger partial charge is 0.238 e. The zero-order chi connectivity index (χ0) is 27.5. The predicted octanol–water partition coefficient (Wildman–Crippen LogP) is 6.32. The molecule has 0 saturated heterocycles. The lowest BCUT2D eigenvalue weighted by Crippen LogP contribution is -2.28. The summed E-state index contributed by atoms with van der Waals surface area (Å²) >= 11 is 0. The number of aryl methyl sites for hydroxylation is 1. The van der Waals surface area contributed by atoms with Crippen LogP contribution in [0.1, 0.15) is 87.4 Å². The summed E-state index contributed by atoms with van der Waals surface area (Å²) in [5.41, 5.74) is 1.36. The molecule has 1 heterocycles. The number of nitrogens with zero attached hydrogens (tertiary/aromatic N) is 1. The molecule has 0 unspecified atom stereocenters.